The highest BCUT2D eigenvalue weighted by molar-refractivity contribution is 6.30. The van der Waals surface area contributed by atoms with E-state index in [1.807, 2.05) is 56.6 Å². The quantitative estimate of drug-likeness (QED) is 0.268. The normalized spacial score (nSPS) is 14.4. The summed E-state index contributed by atoms with van der Waals surface area (Å²) in [7, 11) is 3.86. The predicted octanol–water partition coefficient (Wildman–Crippen LogP) is 5.54. The van der Waals surface area contributed by atoms with Crippen molar-refractivity contribution in [3.05, 3.63) is 92.4 Å². The molecule has 168 valence electrons. The number of aromatic amines is 1. The molecule has 0 fully saturated rings. The second kappa shape index (κ2) is 11.2. The highest BCUT2D eigenvalue weighted by atomic mass is 35.5. The molecule has 32 heavy (non-hydrogen) atoms. The highest BCUT2D eigenvalue weighted by Crippen LogP contribution is 2.34. The molecule has 0 unspecified atom stereocenters. The Kier molecular flexibility index (Phi) is 8.32. The van der Waals surface area contributed by atoms with Crippen LogP contribution in [0, 0.1) is 13.8 Å². The van der Waals surface area contributed by atoms with E-state index in [1.165, 1.54) is 11.1 Å². The Morgan fingerprint density at radius 3 is 2.59 bits per heavy atom. The number of allylic oxidation sites excluding steroid dienone is 5. The van der Waals surface area contributed by atoms with Gasteiger partial charge >= 0.3 is 0 Å². The Bertz CT molecular complexity index is 1080. The first kappa shape index (κ1) is 23.8. The van der Waals surface area contributed by atoms with Crippen LogP contribution in [-0.2, 0) is 11.2 Å². The molecule has 0 saturated carbocycles. The Balaban J connectivity index is 2.17. The van der Waals surface area contributed by atoms with Crippen LogP contribution in [0.15, 0.2) is 59.3 Å². The largest absolute Gasteiger partial charge is 0.388 e. The molecule has 0 amide bonds. The molecule has 0 atom stereocenters. The van der Waals surface area contributed by atoms with Crippen LogP contribution in [0.25, 0.3) is 11.6 Å². The van der Waals surface area contributed by atoms with Crippen molar-refractivity contribution in [1.29, 1.82) is 0 Å². The van der Waals surface area contributed by atoms with Crippen molar-refractivity contribution in [1.82, 2.24) is 15.6 Å². The molecule has 1 aliphatic carbocycles. The number of carbonyl (C=O) groups excluding carboxylic acids is 1. The van der Waals surface area contributed by atoms with Crippen LogP contribution in [0.1, 0.15) is 40.9 Å². The van der Waals surface area contributed by atoms with Crippen LogP contribution in [0.3, 0.4) is 0 Å². The van der Waals surface area contributed by atoms with Gasteiger partial charge in [0.15, 0.2) is 6.29 Å². The number of carbonyl (C=O) groups is 1. The number of nitrogens with one attached hydrogen (secondary N) is 3. The van der Waals surface area contributed by atoms with E-state index in [4.69, 9.17) is 11.6 Å². The summed E-state index contributed by atoms with van der Waals surface area (Å²) in [4.78, 5) is 16.0. The van der Waals surface area contributed by atoms with Crippen LogP contribution in [0.4, 0.5) is 0 Å². The number of H-pyrrole nitrogens is 1. The number of aldehydes is 1. The highest BCUT2D eigenvalue weighted by Gasteiger charge is 2.19. The Hall–Kier alpha value is -2.82. The summed E-state index contributed by atoms with van der Waals surface area (Å²) in [6.45, 7) is 5.19. The van der Waals surface area contributed by atoms with Crippen molar-refractivity contribution in [2.45, 2.75) is 33.1 Å². The van der Waals surface area contributed by atoms with Gasteiger partial charge in [-0.1, -0.05) is 35.9 Å². The summed E-state index contributed by atoms with van der Waals surface area (Å²) in [5, 5.41) is 7.19. The summed E-state index contributed by atoms with van der Waals surface area (Å²) < 4.78 is 0. The minimum Gasteiger partial charge on any atom is -0.388 e. The first-order valence-electron chi connectivity index (χ1n) is 11.0. The van der Waals surface area contributed by atoms with E-state index >= 15 is 0 Å². The lowest BCUT2D eigenvalue weighted by atomic mass is 9.90. The number of hydrogen-bond donors (Lipinski definition) is 3. The van der Waals surface area contributed by atoms with Crippen LogP contribution in [0.5, 0.6) is 0 Å². The molecule has 1 aromatic carbocycles. The van der Waals surface area contributed by atoms with Crippen molar-refractivity contribution in [3.63, 3.8) is 0 Å². The molecule has 4 nitrogen and oxygen atoms in total. The zero-order valence-corrected chi connectivity index (χ0v) is 20.1. The molecule has 3 rings (SSSR count). The lowest BCUT2D eigenvalue weighted by molar-refractivity contribution is -0.104. The topological polar surface area (TPSA) is 56.9 Å². The zero-order valence-electron chi connectivity index (χ0n) is 19.3. The fraction of sp³-hybridized carbons (Fsp3) is 0.296. The summed E-state index contributed by atoms with van der Waals surface area (Å²) in [6, 6.07) is 7.80. The zero-order chi connectivity index (χ0) is 23.1. The minimum atomic E-state index is 0.648. The van der Waals surface area contributed by atoms with Crippen molar-refractivity contribution in [2.75, 3.05) is 20.6 Å². The van der Waals surface area contributed by atoms with Crippen LogP contribution >= 0.6 is 11.6 Å². The van der Waals surface area contributed by atoms with E-state index in [-0.39, 0.29) is 0 Å². The van der Waals surface area contributed by atoms with Gasteiger partial charge in [0.1, 0.15) is 0 Å². The molecule has 3 N–H and O–H groups in total. The molecule has 0 bridgehead atoms. The molecule has 0 radical (unpaired) electrons. The summed E-state index contributed by atoms with van der Waals surface area (Å²) in [6.07, 6.45) is 11.8. The third kappa shape index (κ3) is 5.32. The van der Waals surface area contributed by atoms with Crippen molar-refractivity contribution < 1.29 is 4.79 Å². The van der Waals surface area contributed by atoms with Crippen molar-refractivity contribution >= 4 is 29.5 Å². The van der Waals surface area contributed by atoms with Crippen LogP contribution < -0.4 is 10.6 Å². The van der Waals surface area contributed by atoms with Gasteiger partial charge in [-0.25, -0.2) is 0 Å². The third-order valence-corrected chi connectivity index (χ3v) is 6.24. The fourth-order valence-electron chi connectivity index (χ4n) is 4.16. The third-order valence-electron chi connectivity index (χ3n) is 5.99. The molecule has 1 aliphatic rings. The van der Waals surface area contributed by atoms with E-state index in [9.17, 15) is 4.79 Å². The average Bonchev–Trinajstić information content (AvgIpc) is 2.95. The number of aryl methyl sites for hydroxylation is 1. The van der Waals surface area contributed by atoms with E-state index in [2.05, 4.69) is 35.5 Å². The van der Waals surface area contributed by atoms with Crippen LogP contribution in [-0.4, -0.2) is 31.9 Å². The maximum atomic E-state index is 12.5. The maximum absolute atomic E-state index is 12.5. The fourth-order valence-corrected chi connectivity index (χ4v) is 4.28. The smallest absolute Gasteiger partial charge is 0.150 e. The Morgan fingerprint density at radius 1 is 1.19 bits per heavy atom. The summed E-state index contributed by atoms with van der Waals surface area (Å²) in [5.74, 6) is 0. The first-order valence-corrected chi connectivity index (χ1v) is 11.4. The number of aromatic nitrogens is 1. The van der Waals surface area contributed by atoms with Gasteiger partial charge in [-0.05, 0) is 93.3 Å². The molecule has 5 heteroatoms. The molecule has 0 spiro atoms. The number of benzene rings is 1. The molecule has 1 aromatic heterocycles. The molecule has 0 saturated heterocycles. The van der Waals surface area contributed by atoms with Gasteiger partial charge in [-0.3, -0.25) is 4.79 Å². The summed E-state index contributed by atoms with van der Waals surface area (Å²) in [5.41, 5.74) is 9.30. The standard InChI is InChI=1S/C27H32ClN3O/c1-18-19(2)31-26(23(18)9-7-15-29-3)16-21(17-32)27-24(8-5-6-10-25(27)30-4)20-11-13-22(28)14-12-20/h5-6,10-14,16-17,29-31H,7-9,15H2,1-4H3/b21-16+. The van der Waals surface area contributed by atoms with Crippen LogP contribution in [0.2, 0.25) is 5.02 Å². The Labute approximate surface area is 196 Å². The van der Waals surface area contributed by atoms with E-state index < -0.39 is 0 Å². The Morgan fingerprint density at radius 2 is 1.94 bits per heavy atom. The average molecular weight is 450 g/mol. The second-order valence-electron chi connectivity index (χ2n) is 8.01. The SMILES string of the molecule is CNCCCc1c(/C=C(\C=O)C2=C(c3ccc(Cl)cc3)CC=CC=C2NC)[nH]c(C)c1C. The molecular formula is C27H32ClN3O. The number of halogens is 1. The van der Waals surface area contributed by atoms with Gasteiger partial charge in [-0.2, -0.15) is 0 Å². The van der Waals surface area contributed by atoms with E-state index in [1.54, 1.807) is 0 Å². The van der Waals surface area contributed by atoms with Gasteiger partial charge in [0.05, 0.1) is 0 Å². The first-order chi connectivity index (χ1) is 15.5. The van der Waals surface area contributed by atoms with Crippen molar-refractivity contribution in [3.8, 4) is 0 Å². The molecule has 1 heterocycles. The van der Waals surface area contributed by atoms with Gasteiger partial charge in [-0.15, -0.1) is 0 Å². The lowest BCUT2D eigenvalue weighted by Crippen LogP contribution is -2.12. The number of rotatable bonds is 9. The second-order valence-corrected chi connectivity index (χ2v) is 8.45. The van der Waals surface area contributed by atoms with E-state index in [0.29, 0.717) is 10.6 Å². The summed E-state index contributed by atoms with van der Waals surface area (Å²) >= 11 is 6.13. The maximum Gasteiger partial charge on any atom is 0.150 e. The van der Waals surface area contributed by atoms with Gasteiger partial charge in [0.2, 0.25) is 0 Å². The molecule has 2 aromatic rings. The van der Waals surface area contributed by atoms with E-state index in [0.717, 1.165) is 65.9 Å². The minimum absolute atomic E-state index is 0.648. The molecule has 0 aliphatic heterocycles. The number of hydrogen-bond acceptors (Lipinski definition) is 3. The lowest BCUT2D eigenvalue weighted by Gasteiger charge is -2.17. The number of likely N-dealkylation sites (N-methyl/N-ethyl adjacent to an activating group) is 1. The monoisotopic (exact) mass is 449 g/mol. The van der Waals surface area contributed by atoms with Gasteiger partial charge in [0, 0.05) is 40.3 Å². The van der Waals surface area contributed by atoms with Gasteiger partial charge < -0.3 is 15.6 Å². The van der Waals surface area contributed by atoms with Gasteiger partial charge in [0.25, 0.3) is 0 Å². The van der Waals surface area contributed by atoms with Crippen molar-refractivity contribution in [2.24, 2.45) is 0 Å². The predicted molar refractivity (Wildman–Crippen MR) is 136 cm³/mol. The molecular weight excluding hydrogens is 418 g/mol.